The van der Waals surface area contributed by atoms with E-state index in [1.54, 1.807) is 0 Å². The molecule has 0 bridgehead atoms. The topological polar surface area (TPSA) is 15.3 Å². The van der Waals surface area contributed by atoms with Crippen molar-refractivity contribution < 1.29 is 0 Å². The van der Waals surface area contributed by atoms with E-state index in [1.165, 1.54) is 5.69 Å². The lowest BCUT2D eigenvalue weighted by Crippen LogP contribution is -2.60. The van der Waals surface area contributed by atoms with Gasteiger partial charge in [0.25, 0.3) is 0 Å². The van der Waals surface area contributed by atoms with Crippen LogP contribution in [0.25, 0.3) is 0 Å². The van der Waals surface area contributed by atoms with E-state index in [2.05, 4.69) is 66.0 Å². The van der Waals surface area contributed by atoms with Crippen LogP contribution in [0.1, 0.15) is 39.7 Å². The minimum atomic E-state index is 0.248. The van der Waals surface area contributed by atoms with Crippen LogP contribution < -0.4 is 10.2 Å². The maximum absolute atomic E-state index is 6.36. The number of benzene rings is 1. The standard InChI is InChI=1S/C17H26BrClN2/c1-6-12-9-20-16(17(3,4)5)10-21(12)15-8-14(19)11(2)7-13(15)18/h7-8,12,16,20H,6,9-10H2,1-5H3. The molecule has 1 heterocycles. The predicted molar refractivity (Wildman–Crippen MR) is 96.6 cm³/mol. The number of hydrogen-bond acceptors (Lipinski definition) is 2. The second kappa shape index (κ2) is 6.47. The van der Waals surface area contributed by atoms with Gasteiger partial charge in [-0.1, -0.05) is 39.3 Å². The molecule has 2 nitrogen and oxygen atoms in total. The van der Waals surface area contributed by atoms with Gasteiger partial charge in [0.05, 0.1) is 5.69 Å². The number of aryl methyl sites for hydroxylation is 1. The van der Waals surface area contributed by atoms with Gasteiger partial charge in [-0.3, -0.25) is 0 Å². The molecule has 1 fully saturated rings. The molecule has 2 unspecified atom stereocenters. The number of nitrogens with zero attached hydrogens (tertiary/aromatic N) is 1. The normalized spacial score (nSPS) is 23.5. The third kappa shape index (κ3) is 3.75. The Morgan fingerprint density at radius 3 is 2.62 bits per heavy atom. The Balaban J connectivity index is 2.36. The van der Waals surface area contributed by atoms with Gasteiger partial charge in [-0.2, -0.15) is 0 Å². The van der Waals surface area contributed by atoms with Gasteiger partial charge < -0.3 is 10.2 Å². The minimum Gasteiger partial charge on any atom is -0.365 e. The second-order valence-electron chi connectivity index (χ2n) is 7.09. The van der Waals surface area contributed by atoms with Gasteiger partial charge in [-0.05, 0) is 52.4 Å². The maximum Gasteiger partial charge on any atom is 0.0529 e. The van der Waals surface area contributed by atoms with Crippen molar-refractivity contribution in [3.8, 4) is 0 Å². The van der Waals surface area contributed by atoms with E-state index in [0.717, 1.165) is 34.6 Å². The van der Waals surface area contributed by atoms with Gasteiger partial charge >= 0.3 is 0 Å². The van der Waals surface area contributed by atoms with Crippen LogP contribution in [0.15, 0.2) is 16.6 Å². The number of piperazine rings is 1. The van der Waals surface area contributed by atoms with Crippen LogP contribution in [-0.4, -0.2) is 25.2 Å². The van der Waals surface area contributed by atoms with Crippen molar-refractivity contribution >= 4 is 33.2 Å². The van der Waals surface area contributed by atoms with Crippen LogP contribution in [0.3, 0.4) is 0 Å². The molecule has 2 atom stereocenters. The number of halogens is 2. The molecule has 0 saturated carbocycles. The van der Waals surface area contributed by atoms with Crippen molar-refractivity contribution in [2.75, 3.05) is 18.0 Å². The molecule has 118 valence electrons. The molecule has 0 amide bonds. The quantitative estimate of drug-likeness (QED) is 0.783. The molecule has 1 saturated heterocycles. The van der Waals surface area contributed by atoms with Crippen LogP contribution >= 0.6 is 27.5 Å². The first-order valence-electron chi connectivity index (χ1n) is 7.69. The minimum absolute atomic E-state index is 0.248. The third-order valence-corrected chi connectivity index (χ3v) is 5.52. The summed E-state index contributed by atoms with van der Waals surface area (Å²) in [6.07, 6.45) is 1.13. The summed E-state index contributed by atoms with van der Waals surface area (Å²) >= 11 is 10.1. The van der Waals surface area contributed by atoms with E-state index in [1.807, 2.05) is 6.92 Å². The van der Waals surface area contributed by atoms with Crippen molar-refractivity contribution in [1.82, 2.24) is 5.32 Å². The first-order valence-corrected chi connectivity index (χ1v) is 8.86. The van der Waals surface area contributed by atoms with Gasteiger partial charge in [-0.25, -0.2) is 0 Å². The van der Waals surface area contributed by atoms with Crippen molar-refractivity contribution in [2.45, 2.75) is 53.1 Å². The molecule has 1 aliphatic rings. The van der Waals surface area contributed by atoms with E-state index >= 15 is 0 Å². The van der Waals surface area contributed by atoms with Gasteiger partial charge in [-0.15, -0.1) is 0 Å². The highest BCUT2D eigenvalue weighted by atomic mass is 79.9. The molecule has 0 aliphatic carbocycles. The highest BCUT2D eigenvalue weighted by Crippen LogP contribution is 2.36. The average molecular weight is 374 g/mol. The molecule has 2 rings (SSSR count). The predicted octanol–water partition coefficient (Wildman–Crippen LogP) is 5.01. The van der Waals surface area contributed by atoms with Gasteiger partial charge in [0, 0.05) is 34.7 Å². The van der Waals surface area contributed by atoms with Crippen molar-refractivity contribution in [1.29, 1.82) is 0 Å². The van der Waals surface area contributed by atoms with Crippen LogP contribution in [0.5, 0.6) is 0 Å². The summed E-state index contributed by atoms with van der Waals surface area (Å²) in [4.78, 5) is 2.52. The molecule has 21 heavy (non-hydrogen) atoms. The first-order chi connectivity index (χ1) is 9.74. The summed E-state index contributed by atoms with van der Waals surface area (Å²) in [5, 5.41) is 4.56. The van der Waals surface area contributed by atoms with E-state index in [-0.39, 0.29) is 5.41 Å². The largest absolute Gasteiger partial charge is 0.365 e. The summed E-state index contributed by atoms with van der Waals surface area (Å²) in [6, 6.07) is 5.22. The molecule has 1 N–H and O–H groups in total. The molecule has 0 radical (unpaired) electrons. The summed E-state index contributed by atoms with van der Waals surface area (Å²) in [7, 11) is 0. The SMILES string of the molecule is CCC1CNC(C(C)(C)C)CN1c1cc(Cl)c(C)cc1Br. The summed E-state index contributed by atoms with van der Waals surface area (Å²) in [5.41, 5.74) is 2.58. The highest BCUT2D eigenvalue weighted by molar-refractivity contribution is 9.10. The zero-order chi connectivity index (χ0) is 15.8. The lowest BCUT2D eigenvalue weighted by atomic mass is 9.84. The monoisotopic (exact) mass is 372 g/mol. The van der Waals surface area contributed by atoms with E-state index in [0.29, 0.717) is 12.1 Å². The first kappa shape index (κ1) is 17.1. The van der Waals surface area contributed by atoms with Crippen molar-refractivity contribution in [2.24, 2.45) is 5.41 Å². The Hall–Kier alpha value is -0.250. The molecule has 1 aliphatic heterocycles. The molecule has 0 aromatic heterocycles. The van der Waals surface area contributed by atoms with E-state index < -0.39 is 0 Å². The zero-order valence-corrected chi connectivity index (χ0v) is 16.0. The molecule has 4 heteroatoms. The van der Waals surface area contributed by atoms with Crippen molar-refractivity contribution in [3.63, 3.8) is 0 Å². The number of hydrogen-bond donors (Lipinski definition) is 1. The summed E-state index contributed by atoms with van der Waals surface area (Å²) in [5.74, 6) is 0. The molecular formula is C17H26BrClN2. The van der Waals surface area contributed by atoms with Gasteiger partial charge in [0.1, 0.15) is 0 Å². The maximum atomic E-state index is 6.36. The van der Waals surface area contributed by atoms with Crippen molar-refractivity contribution in [3.05, 3.63) is 27.2 Å². The smallest absolute Gasteiger partial charge is 0.0529 e. The molecule has 0 spiro atoms. The average Bonchev–Trinajstić information content (AvgIpc) is 2.41. The lowest BCUT2D eigenvalue weighted by Gasteiger charge is -2.46. The fourth-order valence-corrected chi connectivity index (χ4v) is 3.74. The Morgan fingerprint density at radius 1 is 1.38 bits per heavy atom. The fourth-order valence-electron chi connectivity index (χ4n) is 2.89. The number of rotatable bonds is 2. The highest BCUT2D eigenvalue weighted by Gasteiger charge is 2.34. The van der Waals surface area contributed by atoms with Gasteiger partial charge in [0.2, 0.25) is 0 Å². The molecular weight excluding hydrogens is 348 g/mol. The Kier molecular flexibility index (Phi) is 5.27. The Labute approximate surface area is 142 Å². The number of anilines is 1. The second-order valence-corrected chi connectivity index (χ2v) is 8.36. The van der Waals surface area contributed by atoms with E-state index in [4.69, 9.17) is 11.6 Å². The number of nitrogens with one attached hydrogen (secondary N) is 1. The molecule has 1 aromatic carbocycles. The van der Waals surface area contributed by atoms with Gasteiger partial charge in [0.15, 0.2) is 0 Å². The van der Waals surface area contributed by atoms with Crippen LogP contribution in [0.4, 0.5) is 5.69 Å². The van der Waals surface area contributed by atoms with E-state index in [9.17, 15) is 0 Å². The molecule has 1 aromatic rings. The van der Waals surface area contributed by atoms with Crippen LogP contribution in [0.2, 0.25) is 5.02 Å². The van der Waals surface area contributed by atoms with Crippen LogP contribution in [-0.2, 0) is 0 Å². The Morgan fingerprint density at radius 2 is 2.05 bits per heavy atom. The fraction of sp³-hybridized carbons (Fsp3) is 0.647. The summed E-state index contributed by atoms with van der Waals surface area (Å²) < 4.78 is 1.14. The lowest BCUT2D eigenvalue weighted by molar-refractivity contribution is 0.233. The Bertz CT molecular complexity index is 510. The van der Waals surface area contributed by atoms with Crippen LogP contribution in [0, 0.1) is 12.3 Å². The third-order valence-electron chi connectivity index (χ3n) is 4.47. The zero-order valence-electron chi connectivity index (χ0n) is 13.6. The summed E-state index contributed by atoms with van der Waals surface area (Å²) in [6.45, 7) is 13.2.